The predicted octanol–water partition coefficient (Wildman–Crippen LogP) is 6.36. The van der Waals surface area contributed by atoms with Gasteiger partial charge in [-0.05, 0) is 67.8 Å². The highest BCUT2D eigenvalue weighted by molar-refractivity contribution is 5.96. The van der Waals surface area contributed by atoms with Crippen molar-refractivity contribution in [2.45, 2.75) is 55.3 Å². The van der Waals surface area contributed by atoms with E-state index in [9.17, 15) is 45.4 Å². The number of fused-ring (bicyclic) bond motifs is 1. The Morgan fingerprint density at radius 1 is 1.02 bits per heavy atom. The van der Waals surface area contributed by atoms with Crippen LogP contribution in [0.1, 0.15) is 47.3 Å². The van der Waals surface area contributed by atoms with Crippen molar-refractivity contribution in [3.8, 4) is 28.5 Å². The first-order valence-electron chi connectivity index (χ1n) is 14.1. The van der Waals surface area contributed by atoms with E-state index in [2.05, 4.69) is 9.72 Å². The van der Waals surface area contributed by atoms with Gasteiger partial charge in [0.05, 0.1) is 26.0 Å². The fourth-order valence-electron chi connectivity index (χ4n) is 5.06. The molecule has 1 aromatic heterocycles. The molecule has 252 valence electrons. The van der Waals surface area contributed by atoms with Gasteiger partial charge in [-0.25, -0.2) is 14.2 Å². The summed E-state index contributed by atoms with van der Waals surface area (Å²) < 4.78 is 123. The highest BCUT2D eigenvalue weighted by Crippen LogP contribution is 2.53. The van der Waals surface area contributed by atoms with E-state index >= 15 is 0 Å². The number of pyridine rings is 1. The van der Waals surface area contributed by atoms with Crippen LogP contribution in [-0.2, 0) is 15.9 Å². The maximum Gasteiger partial charge on any atom is 0.422 e. The summed E-state index contributed by atoms with van der Waals surface area (Å²) in [5, 5.41) is 12.8. The number of carbonyl (C=O) groups is 2. The number of hydrogen-bond donors (Lipinski definition) is 2. The monoisotopic (exact) mass is 672 g/mol. The fraction of sp³-hybridized carbons (Fsp3) is 0.387. The molecule has 0 radical (unpaired) electrons. The minimum Gasteiger partial charge on any atom is -0.493 e. The van der Waals surface area contributed by atoms with Gasteiger partial charge in [-0.15, -0.1) is 0 Å². The lowest BCUT2D eigenvalue weighted by atomic mass is 9.85. The van der Waals surface area contributed by atoms with Crippen molar-refractivity contribution in [2.75, 3.05) is 20.8 Å². The SMILES string of the molecule is COC(=O)N[C@@]1(C(F)(F)F)COc2c1cc([C@@](O)(CCC(=O)c1ccc(OC3CC3)c(OC)c1)C(F)(F)F)nc2-c1ccc(F)cc1. The topological polar surface area (TPSA) is 116 Å². The standard InChI is InChI=1S/C31H27F7N2O7/c1-44-23-13-17(5-10-22(23)47-19-8-9-19)21(41)11-12-29(43,31(36,37)38)24-14-20-26(25(39-24)16-3-6-18(32)7-4-16)46-15-28(20,30(33,34)35)40-27(42)45-2/h3-7,10,13-14,19,43H,8-9,11-12,15H2,1-2H3,(H,40,42)/t28-,29-/m0/s1. The smallest absolute Gasteiger partial charge is 0.422 e. The number of benzene rings is 2. The summed E-state index contributed by atoms with van der Waals surface area (Å²) in [5.74, 6) is -1.82. The quantitative estimate of drug-likeness (QED) is 0.189. The molecule has 1 aliphatic carbocycles. The zero-order chi connectivity index (χ0) is 34.4. The molecule has 5 rings (SSSR count). The summed E-state index contributed by atoms with van der Waals surface area (Å²) in [6.45, 7) is -1.33. The predicted molar refractivity (Wildman–Crippen MR) is 149 cm³/mol. The van der Waals surface area contributed by atoms with E-state index in [1.165, 1.54) is 25.3 Å². The number of nitrogens with zero attached hydrogens (tertiary/aromatic N) is 1. The third-order valence-corrected chi connectivity index (χ3v) is 7.88. The Morgan fingerprint density at radius 2 is 1.70 bits per heavy atom. The van der Waals surface area contributed by atoms with Crippen LogP contribution in [0.3, 0.4) is 0 Å². The summed E-state index contributed by atoms with van der Waals surface area (Å²) in [7, 11) is 2.09. The number of aromatic nitrogens is 1. The summed E-state index contributed by atoms with van der Waals surface area (Å²) in [6, 6.07) is 8.16. The number of ketones is 1. The lowest BCUT2D eigenvalue weighted by molar-refractivity contribution is -0.270. The summed E-state index contributed by atoms with van der Waals surface area (Å²) in [4.78, 5) is 29.0. The minimum atomic E-state index is -5.58. The van der Waals surface area contributed by atoms with Gasteiger partial charge < -0.3 is 29.4 Å². The molecule has 1 amide bonds. The van der Waals surface area contributed by atoms with Crippen LogP contribution in [0, 0.1) is 5.82 Å². The van der Waals surface area contributed by atoms with Gasteiger partial charge >= 0.3 is 18.4 Å². The summed E-state index contributed by atoms with van der Waals surface area (Å²) >= 11 is 0. The van der Waals surface area contributed by atoms with Crippen LogP contribution in [0.2, 0.25) is 0 Å². The van der Waals surface area contributed by atoms with Crippen molar-refractivity contribution in [3.63, 3.8) is 0 Å². The Labute approximate surface area is 262 Å². The first-order chi connectivity index (χ1) is 22.0. The zero-order valence-electron chi connectivity index (χ0n) is 24.7. The molecule has 0 bridgehead atoms. The molecule has 0 saturated heterocycles. The second kappa shape index (κ2) is 12.2. The number of carbonyl (C=O) groups excluding carboxylic acids is 2. The Hall–Kier alpha value is -4.60. The Balaban J connectivity index is 1.60. The molecule has 16 heteroatoms. The van der Waals surface area contributed by atoms with E-state index in [4.69, 9.17) is 14.2 Å². The molecule has 1 fully saturated rings. The molecule has 9 nitrogen and oxygen atoms in total. The molecule has 0 spiro atoms. The average molecular weight is 673 g/mol. The van der Waals surface area contributed by atoms with Crippen molar-refractivity contribution in [3.05, 3.63) is 71.2 Å². The van der Waals surface area contributed by atoms with Gasteiger partial charge in [-0.3, -0.25) is 4.79 Å². The Morgan fingerprint density at radius 3 is 2.28 bits per heavy atom. The van der Waals surface area contributed by atoms with Gasteiger partial charge in [0, 0.05) is 23.1 Å². The molecule has 1 aliphatic heterocycles. The second-order valence-corrected chi connectivity index (χ2v) is 11.0. The van der Waals surface area contributed by atoms with E-state index in [-0.39, 0.29) is 23.0 Å². The molecule has 2 atom stereocenters. The number of ether oxygens (including phenoxy) is 4. The molecule has 2 heterocycles. The van der Waals surface area contributed by atoms with Crippen LogP contribution in [0.4, 0.5) is 35.5 Å². The second-order valence-electron chi connectivity index (χ2n) is 11.0. The largest absolute Gasteiger partial charge is 0.493 e. The molecule has 2 aliphatic rings. The van der Waals surface area contributed by atoms with Crippen LogP contribution in [0.5, 0.6) is 17.2 Å². The number of amides is 1. The Bertz CT molecular complexity index is 1680. The van der Waals surface area contributed by atoms with Crippen molar-refractivity contribution in [1.29, 1.82) is 0 Å². The third kappa shape index (κ3) is 6.38. The maximum atomic E-state index is 14.7. The number of halogens is 7. The number of methoxy groups -OCH3 is 2. The van der Waals surface area contributed by atoms with Crippen molar-refractivity contribution in [2.24, 2.45) is 0 Å². The molecule has 2 N–H and O–H groups in total. The summed E-state index contributed by atoms with van der Waals surface area (Å²) in [6.07, 6.45) is -13.2. The average Bonchev–Trinajstić information content (AvgIpc) is 3.76. The highest BCUT2D eigenvalue weighted by atomic mass is 19.4. The third-order valence-electron chi connectivity index (χ3n) is 7.88. The Kier molecular flexibility index (Phi) is 8.77. The number of nitrogens with one attached hydrogen (secondary N) is 1. The number of rotatable bonds is 10. The number of Topliss-reactive ketones (excluding diaryl/α,β-unsaturated/α-hetero) is 1. The van der Waals surface area contributed by atoms with Crippen molar-refractivity contribution in [1.82, 2.24) is 10.3 Å². The van der Waals surface area contributed by atoms with Crippen molar-refractivity contribution >= 4 is 11.9 Å². The van der Waals surface area contributed by atoms with E-state index in [0.717, 1.165) is 44.2 Å². The maximum absolute atomic E-state index is 14.7. The van der Waals surface area contributed by atoms with Gasteiger partial charge in [-0.2, -0.15) is 26.3 Å². The first kappa shape index (κ1) is 33.8. The minimum absolute atomic E-state index is 0.0174. The fourth-order valence-corrected chi connectivity index (χ4v) is 5.06. The van der Waals surface area contributed by atoms with Crippen LogP contribution in [0.25, 0.3) is 11.3 Å². The number of hydrogen-bond acceptors (Lipinski definition) is 8. The van der Waals surface area contributed by atoms with Crippen LogP contribution in [-0.4, -0.2) is 61.3 Å². The van der Waals surface area contributed by atoms with Crippen LogP contribution >= 0.6 is 0 Å². The first-order valence-corrected chi connectivity index (χ1v) is 14.1. The van der Waals surface area contributed by atoms with Gasteiger partial charge in [0.25, 0.3) is 0 Å². The van der Waals surface area contributed by atoms with Gasteiger partial charge in [0.1, 0.15) is 18.1 Å². The molecular formula is C31H27F7N2O7. The number of alkyl halides is 6. The molecule has 47 heavy (non-hydrogen) atoms. The molecule has 1 saturated carbocycles. The number of aliphatic hydroxyl groups is 1. The molecule has 0 unspecified atom stereocenters. The lowest BCUT2D eigenvalue weighted by Gasteiger charge is -2.33. The highest BCUT2D eigenvalue weighted by Gasteiger charge is 2.64. The molecule has 2 aromatic carbocycles. The van der Waals surface area contributed by atoms with Crippen LogP contribution in [0.15, 0.2) is 48.5 Å². The van der Waals surface area contributed by atoms with Gasteiger partial charge in [0.2, 0.25) is 11.1 Å². The van der Waals surface area contributed by atoms with Crippen molar-refractivity contribution < 1.29 is 64.4 Å². The van der Waals surface area contributed by atoms with E-state index in [1.807, 2.05) is 0 Å². The lowest BCUT2D eigenvalue weighted by Crippen LogP contribution is -2.57. The zero-order valence-corrected chi connectivity index (χ0v) is 24.7. The molecular weight excluding hydrogens is 645 g/mol. The molecule has 3 aromatic rings. The van der Waals surface area contributed by atoms with E-state index < -0.39 is 83.3 Å². The van der Waals surface area contributed by atoms with Crippen LogP contribution < -0.4 is 19.5 Å². The normalized spacial score (nSPS) is 18.9. The van der Waals surface area contributed by atoms with Gasteiger partial charge in [0.15, 0.2) is 23.0 Å². The van der Waals surface area contributed by atoms with E-state index in [0.29, 0.717) is 11.8 Å². The van der Waals surface area contributed by atoms with Gasteiger partial charge in [-0.1, -0.05) is 0 Å². The summed E-state index contributed by atoms with van der Waals surface area (Å²) in [5.41, 5.74) is -10.6. The van der Waals surface area contributed by atoms with E-state index in [1.54, 1.807) is 5.32 Å². The number of alkyl carbamates (subject to hydrolysis) is 1.